The molecule has 0 amide bonds. The fourth-order valence-corrected chi connectivity index (χ4v) is 7.22. The summed E-state index contributed by atoms with van der Waals surface area (Å²) in [4.78, 5) is 0. The zero-order valence-electron chi connectivity index (χ0n) is 14.1. The minimum Gasteiger partial charge on any atom is -0.330 e. The molecule has 0 heterocycles. The van der Waals surface area contributed by atoms with Crippen LogP contribution < -0.4 is 5.73 Å². The Labute approximate surface area is 131 Å². The molecule has 120 valence electrons. The fraction of sp³-hybridized carbons (Fsp3) is 1.00. The molecule has 6 atom stereocenters. The van der Waals surface area contributed by atoms with Crippen LogP contribution in [0, 0.1) is 34.5 Å². The quantitative estimate of drug-likeness (QED) is 0.711. The zero-order chi connectivity index (χ0) is 14.5. The highest BCUT2D eigenvalue weighted by atomic mass is 14.6. The van der Waals surface area contributed by atoms with Crippen molar-refractivity contribution >= 4 is 0 Å². The van der Waals surface area contributed by atoms with Crippen LogP contribution in [0.5, 0.6) is 0 Å². The molecule has 0 saturated heterocycles. The first-order valence-corrected chi connectivity index (χ1v) is 9.87. The van der Waals surface area contributed by atoms with E-state index in [0.29, 0.717) is 5.41 Å². The number of hydrogen-bond donors (Lipinski definition) is 1. The third-order valence-electron chi connectivity index (χ3n) is 8.84. The minimum atomic E-state index is 0.701. The molecule has 0 aromatic heterocycles. The molecule has 2 N–H and O–H groups in total. The second-order valence-corrected chi connectivity index (χ2v) is 9.38. The normalized spacial score (nSPS) is 53.4. The predicted molar refractivity (Wildman–Crippen MR) is 89.0 cm³/mol. The molecule has 5 saturated carbocycles. The van der Waals surface area contributed by atoms with Gasteiger partial charge in [0.2, 0.25) is 0 Å². The molecule has 1 nitrogen and oxygen atoms in total. The number of fused-ring (bicyclic) bond motifs is 3. The van der Waals surface area contributed by atoms with Gasteiger partial charge in [0.25, 0.3) is 0 Å². The lowest BCUT2D eigenvalue weighted by molar-refractivity contribution is 0.0670. The smallest absolute Gasteiger partial charge is 0.00460 e. The summed E-state index contributed by atoms with van der Waals surface area (Å²) < 4.78 is 0. The molecule has 21 heavy (non-hydrogen) atoms. The Bertz CT molecular complexity index is 389. The maximum absolute atomic E-state index is 6.21. The summed E-state index contributed by atoms with van der Waals surface area (Å²) in [6.45, 7) is 3.58. The Morgan fingerprint density at radius 2 is 1.67 bits per heavy atom. The summed E-state index contributed by atoms with van der Waals surface area (Å²) >= 11 is 0. The van der Waals surface area contributed by atoms with E-state index in [9.17, 15) is 0 Å². The van der Waals surface area contributed by atoms with Crippen LogP contribution in [0.15, 0.2) is 0 Å². The predicted octanol–water partition coefficient (Wildman–Crippen LogP) is 5.14. The first-order valence-electron chi connectivity index (χ1n) is 9.87. The first-order chi connectivity index (χ1) is 10.2. The van der Waals surface area contributed by atoms with Gasteiger partial charge in [-0.15, -0.1) is 0 Å². The van der Waals surface area contributed by atoms with Crippen LogP contribution in [0.4, 0.5) is 0 Å². The zero-order valence-corrected chi connectivity index (χ0v) is 14.1. The van der Waals surface area contributed by atoms with Crippen LogP contribution in [0.1, 0.15) is 84.0 Å². The van der Waals surface area contributed by atoms with Crippen LogP contribution in [0.2, 0.25) is 0 Å². The molecule has 0 aromatic rings. The molecule has 5 aliphatic carbocycles. The van der Waals surface area contributed by atoms with E-state index in [1.807, 2.05) is 0 Å². The lowest BCUT2D eigenvalue weighted by Gasteiger charge is -2.45. The Morgan fingerprint density at radius 1 is 0.857 bits per heavy atom. The average Bonchev–Trinajstić information content (AvgIpc) is 2.67. The van der Waals surface area contributed by atoms with Gasteiger partial charge in [-0.3, -0.25) is 0 Å². The lowest BCUT2D eigenvalue weighted by Crippen LogP contribution is -2.37. The van der Waals surface area contributed by atoms with Crippen molar-refractivity contribution in [1.29, 1.82) is 0 Å². The van der Waals surface area contributed by atoms with Crippen LogP contribution in [0.25, 0.3) is 0 Å². The van der Waals surface area contributed by atoms with Gasteiger partial charge in [0.15, 0.2) is 0 Å². The van der Waals surface area contributed by atoms with E-state index in [1.54, 1.807) is 19.3 Å². The molecule has 1 heteroatoms. The second kappa shape index (κ2) is 5.25. The standard InChI is InChI=1S/C20H35N/c1-15-16-3-4-17-5-9-19(13-18(17)14-21)7-2-8-20(15,10-6-16)12-11-19/h15-18H,2-14,21H2,1H3/t15?,16?,17?,18?,19?,20-/m1/s1. The summed E-state index contributed by atoms with van der Waals surface area (Å²) in [7, 11) is 0. The third-order valence-corrected chi connectivity index (χ3v) is 8.84. The van der Waals surface area contributed by atoms with E-state index in [4.69, 9.17) is 5.73 Å². The van der Waals surface area contributed by atoms with Crippen molar-refractivity contribution < 1.29 is 0 Å². The molecular formula is C20H35N. The van der Waals surface area contributed by atoms with Gasteiger partial charge in [-0.2, -0.15) is 0 Å². The summed E-state index contributed by atoms with van der Waals surface area (Å²) in [6.07, 6.45) is 18.3. The van der Waals surface area contributed by atoms with E-state index >= 15 is 0 Å². The molecule has 5 unspecified atom stereocenters. The van der Waals surface area contributed by atoms with Crippen molar-refractivity contribution in [3.05, 3.63) is 0 Å². The third kappa shape index (κ3) is 2.30. The molecular weight excluding hydrogens is 254 g/mol. The topological polar surface area (TPSA) is 26.0 Å². The summed E-state index contributed by atoms with van der Waals surface area (Å²) in [5, 5.41) is 0. The monoisotopic (exact) mass is 289 g/mol. The molecule has 4 bridgehead atoms. The largest absolute Gasteiger partial charge is 0.330 e. The Balaban J connectivity index is 1.68. The van der Waals surface area contributed by atoms with Gasteiger partial charge in [-0.05, 0) is 112 Å². The highest BCUT2D eigenvalue weighted by molar-refractivity contribution is 5.01. The van der Waals surface area contributed by atoms with E-state index in [2.05, 4.69) is 6.92 Å². The van der Waals surface area contributed by atoms with Crippen molar-refractivity contribution in [2.24, 2.45) is 40.2 Å². The van der Waals surface area contributed by atoms with E-state index < -0.39 is 0 Å². The summed E-state index contributed by atoms with van der Waals surface area (Å²) in [6, 6.07) is 0. The Morgan fingerprint density at radius 3 is 2.52 bits per heavy atom. The lowest BCUT2D eigenvalue weighted by atomic mass is 9.61. The maximum atomic E-state index is 6.21. The molecule has 0 radical (unpaired) electrons. The van der Waals surface area contributed by atoms with Crippen LogP contribution in [-0.2, 0) is 0 Å². The van der Waals surface area contributed by atoms with E-state index in [1.165, 1.54) is 57.8 Å². The highest BCUT2D eigenvalue weighted by Crippen LogP contribution is 2.61. The minimum absolute atomic E-state index is 0.701. The number of nitrogens with two attached hydrogens (primary N) is 1. The van der Waals surface area contributed by atoms with Crippen molar-refractivity contribution in [1.82, 2.24) is 0 Å². The van der Waals surface area contributed by atoms with Crippen molar-refractivity contribution in [3.8, 4) is 0 Å². The van der Waals surface area contributed by atoms with Crippen LogP contribution in [-0.4, -0.2) is 6.54 Å². The summed E-state index contributed by atoms with van der Waals surface area (Å²) in [5.74, 6) is 3.85. The molecule has 0 aromatic carbocycles. The van der Waals surface area contributed by atoms with Gasteiger partial charge in [0, 0.05) is 0 Å². The Hall–Kier alpha value is -0.0400. The van der Waals surface area contributed by atoms with Gasteiger partial charge >= 0.3 is 0 Å². The van der Waals surface area contributed by atoms with Crippen molar-refractivity contribution in [2.75, 3.05) is 6.54 Å². The second-order valence-electron chi connectivity index (χ2n) is 9.38. The molecule has 5 aliphatic rings. The van der Waals surface area contributed by atoms with E-state index in [0.717, 1.165) is 35.6 Å². The van der Waals surface area contributed by atoms with Crippen LogP contribution in [0.3, 0.4) is 0 Å². The highest BCUT2D eigenvalue weighted by Gasteiger charge is 2.50. The maximum Gasteiger partial charge on any atom is -0.00460 e. The van der Waals surface area contributed by atoms with Gasteiger partial charge in [0.05, 0.1) is 0 Å². The van der Waals surface area contributed by atoms with Crippen molar-refractivity contribution in [2.45, 2.75) is 84.0 Å². The van der Waals surface area contributed by atoms with E-state index in [-0.39, 0.29) is 0 Å². The molecule has 5 rings (SSSR count). The number of hydrogen-bond acceptors (Lipinski definition) is 1. The molecule has 0 aliphatic heterocycles. The Kier molecular flexibility index (Phi) is 3.64. The van der Waals surface area contributed by atoms with Gasteiger partial charge in [0.1, 0.15) is 0 Å². The van der Waals surface area contributed by atoms with Crippen LogP contribution >= 0.6 is 0 Å². The summed E-state index contributed by atoms with van der Waals surface area (Å²) in [5.41, 5.74) is 7.65. The fourth-order valence-electron chi connectivity index (χ4n) is 7.22. The van der Waals surface area contributed by atoms with Gasteiger partial charge in [-0.25, -0.2) is 0 Å². The SMILES string of the molecule is CC1C2CCC3CCC4(CCC[C@@]1(CC2)CC4)CC3CN. The molecule has 2 spiro atoms. The molecule has 5 fully saturated rings. The van der Waals surface area contributed by atoms with Gasteiger partial charge < -0.3 is 5.73 Å². The number of rotatable bonds is 1. The van der Waals surface area contributed by atoms with Gasteiger partial charge in [-0.1, -0.05) is 13.3 Å². The first kappa shape index (κ1) is 14.5. The van der Waals surface area contributed by atoms with Crippen molar-refractivity contribution in [3.63, 3.8) is 0 Å². The average molecular weight is 290 g/mol.